The Kier molecular flexibility index (Phi) is 8.37. The van der Waals surface area contributed by atoms with Gasteiger partial charge in [-0.3, -0.25) is 4.79 Å². The van der Waals surface area contributed by atoms with E-state index in [2.05, 4.69) is 37.4 Å². The van der Waals surface area contributed by atoms with Crippen LogP contribution in [0.4, 0.5) is 0 Å². The SMILES string of the molecule is CCOC(=O)[C@]1(NC(=O)c2ccc(OC)c(OCCc3cccc(C)c3)c2)CC[C@@H](C)CC1. The molecule has 0 atom stereocenters. The summed E-state index contributed by atoms with van der Waals surface area (Å²) in [5, 5.41) is 3.00. The Hall–Kier alpha value is -3.02. The number of amides is 1. The van der Waals surface area contributed by atoms with Crippen LogP contribution in [0.3, 0.4) is 0 Å². The maximum Gasteiger partial charge on any atom is 0.331 e. The number of methoxy groups -OCH3 is 1. The molecule has 33 heavy (non-hydrogen) atoms. The standard InChI is InChI=1S/C27H35NO5/c1-5-32-26(30)27(14-11-19(2)12-15-27)28-25(29)22-9-10-23(31-4)24(18-22)33-16-13-21-8-6-7-20(3)17-21/h6-10,17-19H,5,11-16H2,1-4H3,(H,28,29)/t19-,27+. The van der Waals surface area contributed by atoms with Gasteiger partial charge in [0.1, 0.15) is 5.54 Å². The largest absolute Gasteiger partial charge is 0.493 e. The lowest BCUT2D eigenvalue weighted by molar-refractivity contribution is -0.152. The molecule has 2 aromatic rings. The molecule has 0 aliphatic heterocycles. The van der Waals surface area contributed by atoms with E-state index in [1.165, 1.54) is 11.1 Å². The zero-order chi connectivity index (χ0) is 23.8. The first-order chi connectivity index (χ1) is 15.9. The molecular weight excluding hydrogens is 418 g/mol. The van der Waals surface area contributed by atoms with Crippen molar-refractivity contribution >= 4 is 11.9 Å². The van der Waals surface area contributed by atoms with Crippen molar-refractivity contribution in [2.45, 2.75) is 58.4 Å². The highest BCUT2D eigenvalue weighted by molar-refractivity contribution is 5.98. The molecule has 0 aromatic heterocycles. The highest BCUT2D eigenvalue weighted by Gasteiger charge is 2.43. The Morgan fingerprint density at radius 2 is 1.85 bits per heavy atom. The summed E-state index contributed by atoms with van der Waals surface area (Å²) >= 11 is 0. The van der Waals surface area contributed by atoms with E-state index in [0.29, 0.717) is 42.4 Å². The Morgan fingerprint density at radius 1 is 1.09 bits per heavy atom. The molecule has 3 rings (SSSR count). The van der Waals surface area contributed by atoms with E-state index < -0.39 is 5.54 Å². The third kappa shape index (κ3) is 6.28. The number of ether oxygens (including phenoxy) is 3. The van der Waals surface area contributed by atoms with Crippen LogP contribution < -0.4 is 14.8 Å². The Balaban J connectivity index is 1.73. The smallest absolute Gasteiger partial charge is 0.331 e. The summed E-state index contributed by atoms with van der Waals surface area (Å²) < 4.78 is 16.7. The molecule has 0 bridgehead atoms. The van der Waals surface area contributed by atoms with Crippen LogP contribution in [0.25, 0.3) is 0 Å². The summed E-state index contributed by atoms with van der Waals surface area (Å²) in [7, 11) is 1.57. The van der Waals surface area contributed by atoms with Gasteiger partial charge in [-0.1, -0.05) is 36.8 Å². The number of hydrogen-bond donors (Lipinski definition) is 1. The molecule has 1 aliphatic carbocycles. The second-order valence-electron chi connectivity index (χ2n) is 8.89. The van der Waals surface area contributed by atoms with Crippen molar-refractivity contribution in [3.8, 4) is 11.5 Å². The Morgan fingerprint density at radius 3 is 2.52 bits per heavy atom. The molecule has 0 unspecified atom stereocenters. The summed E-state index contributed by atoms with van der Waals surface area (Å²) in [4.78, 5) is 26.0. The lowest BCUT2D eigenvalue weighted by Crippen LogP contribution is -2.57. The van der Waals surface area contributed by atoms with Gasteiger partial charge in [-0.15, -0.1) is 0 Å². The number of aryl methyl sites for hydroxylation is 1. The third-order valence-corrected chi connectivity index (χ3v) is 6.30. The summed E-state index contributed by atoms with van der Waals surface area (Å²) in [6.07, 6.45) is 3.64. The monoisotopic (exact) mass is 453 g/mol. The summed E-state index contributed by atoms with van der Waals surface area (Å²) in [5.41, 5.74) is 1.83. The minimum Gasteiger partial charge on any atom is -0.493 e. The van der Waals surface area contributed by atoms with Crippen LogP contribution in [0, 0.1) is 12.8 Å². The number of carbonyl (C=O) groups is 2. The van der Waals surface area contributed by atoms with Crippen LogP contribution in [-0.2, 0) is 16.0 Å². The zero-order valence-electron chi connectivity index (χ0n) is 20.1. The van der Waals surface area contributed by atoms with Gasteiger partial charge in [-0.05, 0) is 69.2 Å². The molecule has 0 saturated heterocycles. The molecule has 6 heteroatoms. The van der Waals surface area contributed by atoms with E-state index in [4.69, 9.17) is 14.2 Å². The Labute approximate surface area is 196 Å². The van der Waals surface area contributed by atoms with Gasteiger partial charge in [0.15, 0.2) is 11.5 Å². The van der Waals surface area contributed by atoms with E-state index in [9.17, 15) is 9.59 Å². The van der Waals surface area contributed by atoms with E-state index in [1.807, 2.05) is 6.07 Å². The fourth-order valence-corrected chi connectivity index (χ4v) is 4.27. The normalized spacial score (nSPS) is 20.1. The van der Waals surface area contributed by atoms with Gasteiger partial charge in [0.2, 0.25) is 0 Å². The maximum absolute atomic E-state index is 13.2. The predicted molar refractivity (Wildman–Crippen MR) is 128 cm³/mol. The van der Waals surface area contributed by atoms with E-state index >= 15 is 0 Å². The minimum absolute atomic E-state index is 0.285. The lowest BCUT2D eigenvalue weighted by atomic mass is 9.77. The highest BCUT2D eigenvalue weighted by Crippen LogP contribution is 2.34. The number of esters is 1. The fourth-order valence-electron chi connectivity index (χ4n) is 4.27. The number of carbonyl (C=O) groups excluding carboxylic acids is 2. The molecule has 0 spiro atoms. The van der Waals surface area contributed by atoms with Gasteiger partial charge in [-0.2, -0.15) is 0 Å². The number of rotatable bonds is 9. The first kappa shape index (κ1) is 24.6. The zero-order valence-corrected chi connectivity index (χ0v) is 20.1. The van der Waals surface area contributed by atoms with E-state index in [-0.39, 0.29) is 18.5 Å². The van der Waals surface area contributed by atoms with Crippen LogP contribution in [0.2, 0.25) is 0 Å². The maximum atomic E-state index is 13.2. The lowest BCUT2D eigenvalue weighted by Gasteiger charge is -2.37. The second-order valence-corrected chi connectivity index (χ2v) is 8.89. The third-order valence-electron chi connectivity index (χ3n) is 6.30. The van der Waals surface area contributed by atoms with Crippen molar-refractivity contribution in [3.05, 3.63) is 59.2 Å². The van der Waals surface area contributed by atoms with Gasteiger partial charge in [-0.25, -0.2) is 4.79 Å². The number of nitrogens with one attached hydrogen (secondary N) is 1. The Bertz CT molecular complexity index is 963. The quantitative estimate of drug-likeness (QED) is 0.549. The fraction of sp³-hybridized carbons (Fsp3) is 0.481. The van der Waals surface area contributed by atoms with Crippen LogP contribution in [0.1, 0.15) is 61.0 Å². The molecule has 1 amide bonds. The molecule has 1 N–H and O–H groups in total. The average Bonchev–Trinajstić information content (AvgIpc) is 2.81. The molecule has 2 aromatic carbocycles. The predicted octanol–water partition coefficient (Wildman–Crippen LogP) is 4.87. The molecule has 0 heterocycles. The first-order valence-electron chi connectivity index (χ1n) is 11.7. The van der Waals surface area contributed by atoms with Crippen LogP contribution in [0.15, 0.2) is 42.5 Å². The van der Waals surface area contributed by atoms with Crippen LogP contribution >= 0.6 is 0 Å². The van der Waals surface area contributed by atoms with Gasteiger partial charge < -0.3 is 19.5 Å². The molecule has 1 saturated carbocycles. The van der Waals surface area contributed by atoms with E-state index in [1.54, 1.807) is 32.2 Å². The van der Waals surface area contributed by atoms with Gasteiger partial charge in [0.05, 0.1) is 20.3 Å². The van der Waals surface area contributed by atoms with Crippen molar-refractivity contribution in [1.29, 1.82) is 0 Å². The number of hydrogen-bond acceptors (Lipinski definition) is 5. The molecule has 6 nitrogen and oxygen atoms in total. The van der Waals surface area contributed by atoms with Crippen molar-refractivity contribution in [2.24, 2.45) is 5.92 Å². The minimum atomic E-state index is -0.980. The van der Waals surface area contributed by atoms with Gasteiger partial charge in [0.25, 0.3) is 5.91 Å². The molecule has 178 valence electrons. The van der Waals surface area contributed by atoms with Gasteiger partial charge in [0, 0.05) is 12.0 Å². The summed E-state index contributed by atoms with van der Waals surface area (Å²) in [5.74, 6) is 0.915. The second kappa shape index (κ2) is 11.2. The summed E-state index contributed by atoms with van der Waals surface area (Å²) in [6, 6.07) is 13.4. The summed E-state index contributed by atoms with van der Waals surface area (Å²) in [6.45, 7) is 6.75. The van der Waals surface area contributed by atoms with Crippen molar-refractivity contribution < 1.29 is 23.8 Å². The van der Waals surface area contributed by atoms with Crippen LogP contribution in [0.5, 0.6) is 11.5 Å². The van der Waals surface area contributed by atoms with Crippen molar-refractivity contribution in [1.82, 2.24) is 5.32 Å². The van der Waals surface area contributed by atoms with Crippen molar-refractivity contribution in [2.75, 3.05) is 20.3 Å². The van der Waals surface area contributed by atoms with Crippen molar-refractivity contribution in [3.63, 3.8) is 0 Å². The molecule has 0 radical (unpaired) electrons. The highest BCUT2D eigenvalue weighted by atomic mass is 16.5. The molecular formula is C27H35NO5. The number of benzene rings is 2. The van der Waals surface area contributed by atoms with Gasteiger partial charge >= 0.3 is 5.97 Å². The molecule has 1 aliphatic rings. The topological polar surface area (TPSA) is 73.9 Å². The molecule has 1 fully saturated rings. The van der Waals surface area contributed by atoms with E-state index in [0.717, 1.165) is 19.3 Å². The first-order valence-corrected chi connectivity index (χ1v) is 11.7. The van der Waals surface area contributed by atoms with Crippen LogP contribution in [-0.4, -0.2) is 37.7 Å². The average molecular weight is 454 g/mol.